The SMILES string of the molecule is CCCCCNCc1ccc(I)cc1. The second-order valence-corrected chi connectivity index (χ2v) is 4.76. The summed E-state index contributed by atoms with van der Waals surface area (Å²) in [7, 11) is 0. The van der Waals surface area contributed by atoms with Crippen molar-refractivity contribution >= 4 is 22.6 Å². The molecular weight excluding hydrogens is 285 g/mol. The maximum absolute atomic E-state index is 3.45. The van der Waals surface area contributed by atoms with E-state index in [0.29, 0.717) is 0 Å². The molecule has 0 spiro atoms. The van der Waals surface area contributed by atoms with Crippen molar-refractivity contribution in [3.63, 3.8) is 0 Å². The van der Waals surface area contributed by atoms with Crippen LogP contribution >= 0.6 is 22.6 Å². The summed E-state index contributed by atoms with van der Waals surface area (Å²) in [5.74, 6) is 0. The molecule has 0 fully saturated rings. The summed E-state index contributed by atoms with van der Waals surface area (Å²) in [6, 6.07) is 8.69. The predicted molar refractivity (Wildman–Crippen MR) is 70.4 cm³/mol. The van der Waals surface area contributed by atoms with Crippen molar-refractivity contribution in [3.8, 4) is 0 Å². The van der Waals surface area contributed by atoms with Crippen molar-refractivity contribution < 1.29 is 0 Å². The molecule has 0 amide bonds. The topological polar surface area (TPSA) is 12.0 Å². The first kappa shape index (κ1) is 12.0. The number of nitrogens with one attached hydrogen (secondary N) is 1. The van der Waals surface area contributed by atoms with Crippen LogP contribution in [0.2, 0.25) is 0 Å². The lowest BCUT2D eigenvalue weighted by atomic mass is 10.2. The Bertz CT molecular complexity index is 243. The number of rotatable bonds is 6. The van der Waals surface area contributed by atoms with Crippen LogP contribution in [0.5, 0.6) is 0 Å². The van der Waals surface area contributed by atoms with Crippen LogP contribution in [-0.2, 0) is 6.54 Å². The van der Waals surface area contributed by atoms with Crippen molar-refractivity contribution in [1.82, 2.24) is 5.32 Å². The lowest BCUT2D eigenvalue weighted by Crippen LogP contribution is -2.14. The molecule has 0 saturated heterocycles. The van der Waals surface area contributed by atoms with E-state index in [1.807, 2.05) is 0 Å². The molecular formula is C12H18IN. The molecule has 0 atom stereocenters. The zero-order valence-electron chi connectivity index (χ0n) is 8.72. The van der Waals surface area contributed by atoms with Gasteiger partial charge in [-0.25, -0.2) is 0 Å². The van der Waals surface area contributed by atoms with Crippen LogP contribution in [0.4, 0.5) is 0 Å². The Morgan fingerprint density at radius 1 is 1.14 bits per heavy atom. The van der Waals surface area contributed by atoms with Gasteiger partial charge in [0.05, 0.1) is 0 Å². The lowest BCUT2D eigenvalue weighted by Gasteiger charge is -2.04. The molecule has 0 saturated carbocycles. The van der Waals surface area contributed by atoms with Gasteiger partial charge in [0.2, 0.25) is 0 Å². The van der Waals surface area contributed by atoms with Crippen LogP contribution in [0, 0.1) is 3.57 Å². The third-order valence-corrected chi connectivity index (χ3v) is 2.92. The quantitative estimate of drug-likeness (QED) is 0.626. The molecule has 2 heteroatoms. The molecule has 0 aliphatic rings. The molecule has 1 aromatic carbocycles. The molecule has 1 aromatic rings. The fourth-order valence-corrected chi connectivity index (χ4v) is 1.69. The maximum atomic E-state index is 3.45. The van der Waals surface area contributed by atoms with E-state index in [1.165, 1.54) is 28.4 Å². The van der Waals surface area contributed by atoms with Crippen LogP contribution in [0.1, 0.15) is 31.7 Å². The minimum absolute atomic E-state index is 1.00. The second kappa shape index (κ2) is 7.23. The Morgan fingerprint density at radius 3 is 2.50 bits per heavy atom. The summed E-state index contributed by atoms with van der Waals surface area (Å²) in [4.78, 5) is 0. The van der Waals surface area contributed by atoms with Crippen molar-refractivity contribution in [2.24, 2.45) is 0 Å². The fourth-order valence-electron chi connectivity index (χ4n) is 1.33. The molecule has 1 N–H and O–H groups in total. The van der Waals surface area contributed by atoms with Gasteiger partial charge >= 0.3 is 0 Å². The second-order valence-electron chi connectivity index (χ2n) is 3.51. The number of halogens is 1. The average molecular weight is 303 g/mol. The van der Waals surface area contributed by atoms with Gasteiger partial charge in [-0.15, -0.1) is 0 Å². The molecule has 1 nitrogen and oxygen atoms in total. The number of unbranched alkanes of at least 4 members (excludes halogenated alkanes) is 2. The molecule has 0 unspecified atom stereocenters. The van der Waals surface area contributed by atoms with Gasteiger partial charge in [0.1, 0.15) is 0 Å². The van der Waals surface area contributed by atoms with Crippen LogP contribution in [-0.4, -0.2) is 6.54 Å². The van der Waals surface area contributed by atoms with Crippen LogP contribution in [0.25, 0.3) is 0 Å². The van der Waals surface area contributed by atoms with Crippen LogP contribution < -0.4 is 5.32 Å². The summed E-state index contributed by atoms with van der Waals surface area (Å²) in [6.45, 7) is 4.37. The molecule has 0 aliphatic heterocycles. The van der Waals surface area contributed by atoms with E-state index < -0.39 is 0 Å². The van der Waals surface area contributed by atoms with Crippen molar-refractivity contribution in [1.29, 1.82) is 0 Å². The van der Waals surface area contributed by atoms with Gasteiger partial charge in [0, 0.05) is 10.1 Å². The highest BCUT2D eigenvalue weighted by Crippen LogP contribution is 2.06. The molecule has 0 aliphatic carbocycles. The monoisotopic (exact) mass is 303 g/mol. The highest BCUT2D eigenvalue weighted by molar-refractivity contribution is 14.1. The Labute approximate surface area is 100 Å². The summed E-state index contributed by atoms with van der Waals surface area (Å²) >= 11 is 2.33. The van der Waals surface area contributed by atoms with Gasteiger partial charge in [-0.1, -0.05) is 31.9 Å². The number of benzene rings is 1. The summed E-state index contributed by atoms with van der Waals surface area (Å²) in [5, 5.41) is 3.45. The van der Waals surface area contributed by atoms with Gasteiger partial charge in [0.25, 0.3) is 0 Å². The third kappa shape index (κ3) is 4.96. The largest absolute Gasteiger partial charge is 0.313 e. The van der Waals surface area contributed by atoms with Crippen molar-refractivity contribution in [3.05, 3.63) is 33.4 Å². The molecule has 0 heterocycles. The number of hydrogen-bond acceptors (Lipinski definition) is 1. The smallest absolute Gasteiger partial charge is 0.0205 e. The Kier molecular flexibility index (Phi) is 6.19. The molecule has 1 rings (SSSR count). The first-order valence-corrected chi connectivity index (χ1v) is 6.36. The fraction of sp³-hybridized carbons (Fsp3) is 0.500. The van der Waals surface area contributed by atoms with E-state index in [-0.39, 0.29) is 0 Å². The van der Waals surface area contributed by atoms with E-state index in [9.17, 15) is 0 Å². The van der Waals surface area contributed by atoms with Gasteiger partial charge in [-0.2, -0.15) is 0 Å². The highest BCUT2D eigenvalue weighted by Gasteiger charge is 1.92. The van der Waals surface area contributed by atoms with E-state index >= 15 is 0 Å². The van der Waals surface area contributed by atoms with Gasteiger partial charge < -0.3 is 5.32 Å². The predicted octanol–water partition coefficient (Wildman–Crippen LogP) is 3.57. The molecule has 78 valence electrons. The van der Waals surface area contributed by atoms with Gasteiger partial charge in [-0.05, 0) is 53.3 Å². The van der Waals surface area contributed by atoms with E-state index in [4.69, 9.17) is 0 Å². The van der Waals surface area contributed by atoms with E-state index in [2.05, 4.69) is 59.1 Å². The van der Waals surface area contributed by atoms with Crippen LogP contribution in [0.15, 0.2) is 24.3 Å². The molecule has 14 heavy (non-hydrogen) atoms. The first-order valence-electron chi connectivity index (χ1n) is 5.28. The van der Waals surface area contributed by atoms with Crippen molar-refractivity contribution in [2.75, 3.05) is 6.54 Å². The lowest BCUT2D eigenvalue weighted by molar-refractivity contribution is 0.617. The van der Waals surface area contributed by atoms with Crippen molar-refractivity contribution in [2.45, 2.75) is 32.7 Å². The highest BCUT2D eigenvalue weighted by atomic mass is 127. The molecule has 0 bridgehead atoms. The normalized spacial score (nSPS) is 10.4. The maximum Gasteiger partial charge on any atom is 0.0205 e. The zero-order valence-corrected chi connectivity index (χ0v) is 10.9. The standard InChI is InChI=1S/C12H18IN/c1-2-3-4-9-14-10-11-5-7-12(13)8-6-11/h5-8,14H,2-4,9-10H2,1H3. The Balaban J connectivity index is 2.15. The summed E-state index contributed by atoms with van der Waals surface area (Å²) in [5.41, 5.74) is 1.38. The molecule has 0 radical (unpaired) electrons. The average Bonchev–Trinajstić information content (AvgIpc) is 2.21. The van der Waals surface area contributed by atoms with E-state index in [0.717, 1.165) is 13.1 Å². The minimum atomic E-state index is 1.00. The van der Waals surface area contributed by atoms with Gasteiger partial charge in [-0.3, -0.25) is 0 Å². The minimum Gasteiger partial charge on any atom is -0.313 e. The van der Waals surface area contributed by atoms with Crippen LogP contribution in [0.3, 0.4) is 0 Å². The summed E-state index contributed by atoms with van der Waals surface area (Å²) < 4.78 is 1.30. The molecule has 0 aromatic heterocycles. The Morgan fingerprint density at radius 2 is 1.86 bits per heavy atom. The first-order chi connectivity index (χ1) is 6.83. The summed E-state index contributed by atoms with van der Waals surface area (Å²) in [6.07, 6.45) is 3.92. The van der Waals surface area contributed by atoms with Gasteiger partial charge in [0.15, 0.2) is 0 Å². The zero-order chi connectivity index (χ0) is 10.2. The Hall–Kier alpha value is -0.0900. The number of hydrogen-bond donors (Lipinski definition) is 1. The third-order valence-electron chi connectivity index (χ3n) is 2.20. The van der Waals surface area contributed by atoms with E-state index in [1.54, 1.807) is 0 Å².